The van der Waals surface area contributed by atoms with Crippen LogP contribution in [0.5, 0.6) is 0 Å². The van der Waals surface area contributed by atoms with Crippen molar-refractivity contribution < 1.29 is 52.4 Å². The molecule has 5 N–H and O–H groups in total. The molecule has 12 rings (SSSR count). The normalized spacial score (nSPS) is 18.2. The molecule has 0 spiro atoms. The van der Waals surface area contributed by atoms with Crippen LogP contribution in [0.3, 0.4) is 0 Å². The topological polar surface area (TPSA) is 242 Å². The van der Waals surface area contributed by atoms with E-state index < -0.39 is 47.5 Å². The molecular formula is C115H165BrClF4N17O8S3. The number of halogens is 6. The number of nitrogens with zero attached hydrogens (tertiary/aromatic N) is 12. The van der Waals surface area contributed by atoms with Gasteiger partial charge < -0.3 is 39.7 Å². The van der Waals surface area contributed by atoms with Gasteiger partial charge in [0, 0.05) is 96.9 Å². The molecule has 0 radical (unpaired) electrons. The number of likely N-dealkylation sites (tertiary alicyclic amines) is 6. The largest absolute Gasteiger partial charge is 0.326 e. The molecule has 6 saturated heterocycles. The van der Waals surface area contributed by atoms with E-state index in [2.05, 4.69) is 230 Å². The molecule has 0 saturated carbocycles. The van der Waals surface area contributed by atoms with E-state index in [0.29, 0.717) is 79.6 Å². The average Bonchev–Trinajstić information content (AvgIpc) is 0.798. The van der Waals surface area contributed by atoms with Gasteiger partial charge in [0.05, 0.1) is 51.0 Å². The van der Waals surface area contributed by atoms with Gasteiger partial charge in [0.15, 0.2) is 5.82 Å². The minimum Gasteiger partial charge on any atom is -0.326 e. The number of carbonyl (C=O) groups excluding carboxylic acids is 2. The minimum absolute atomic E-state index is 0.0101. The van der Waals surface area contributed by atoms with Crippen molar-refractivity contribution in [2.24, 2.45) is 65.0 Å². The molecule has 149 heavy (non-hydrogen) atoms. The maximum Gasteiger partial charge on any atom is 0.229 e. The maximum absolute atomic E-state index is 14.6. The second-order valence-corrected chi connectivity index (χ2v) is 54.9. The van der Waals surface area contributed by atoms with Crippen molar-refractivity contribution in [3.63, 3.8) is 0 Å². The van der Waals surface area contributed by atoms with Crippen molar-refractivity contribution in [2.75, 3.05) is 161 Å². The molecule has 0 aliphatic carbocycles. The van der Waals surface area contributed by atoms with Crippen molar-refractivity contribution >= 4 is 97.9 Å². The average molecular weight is 2200 g/mol. The number of piperidine rings is 6. The number of sulfonamides is 3. The minimum atomic E-state index is -3.52. The Morgan fingerprint density at radius 3 is 0.946 bits per heavy atom. The number of anilines is 5. The molecule has 0 aromatic heterocycles. The van der Waals surface area contributed by atoms with E-state index in [1.165, 1.54) is 43.7 Å². The van der Waals surface area contributed by atoms with Crippen LogP contribution in [0.25, 0.3) is 29.1 Å². The van der Waals surface area contributed by atoms with Crippen LogP contribution >= 0.6 is 27.5 Å². The molecule has 6 aliphatic heterocycles. The molecule has 2 amide bonds. The Morgan fingerprint density at radius 1 is 0.336 bits per heavy atom. The van der Waals surface area contributed by atoms with E-state index in [-0.39, 0.29) is 99.7 Å². The first-order chi connectivity index (χ1) is 69.1. The zero-order chi connectivity index (χ0) is 112. The monoisotopic (exact) mass is 2200 g/mol. The van der Waals surface area contributed by atoms with Gasteiger partial charge in [-0.2, -0.15) is 0 Å². The van der Waals surface area contributed by atoms with E-state index in [9.17, 15) is 52.4 Å². The summed E-state index contributed by atoms with van der Waals surface area (Å²) in [7, 11) is -10.5. The number of rotatable bonds is 26. The molecule has 34 heteroatoms. The van der Waals surface area contributed by atoms with Gasteiger partial charge in [-0.05, 0) is 305 Å². The molecule has 6 heterocycles. The Morgan fingerprint density at radius 2 is 0.624 bits per heavy atom. The molecule has 6 aliphatic rings. The van der Waals surface area contributed by atoms with E-state index in [1.54, 1.807) is 42.5 Å². The highest BCUT2D eigenvalue weighted by molar-refractivity contribution is 9.10. The van der Waals surface area contributed by atoms with Gasteiger partial charge in [-0.15, -0.1) is 0 Å². The molecular weight excluding hydrogens is 2030 g/mol. The molecule has 0 atom stereocenters. The third-order valence-corrected chi connectivity index (χ3v) is 35.4. The van der Waals surface area contributed by atoms with Gasteiger partial charge in [-0.3, -0.25) is 53.2 Å². The predicted octanol–water partition coefficient (Wildman–Crippen LogP) is 25.4. The SMILES string of the molecule is [C-]#[N+]CC1(C(C)(C)C)CCN(Cc2cc(F)cc(NS(C)(=O)=O)c2)CC1.[C-]#[N+]CC1(C(C)(C)C)CCN(Cc2ccc(Br)c(F)c2)CC1.[C-]#[N+]CC1(C(C)(C)C)CCN(Cc2ccc(Cl)c(NC(C)=O)c2)CC1.[C-]#[N+]CC1(C(C)(C)C)CCN(Cc2ccc(F)c(NS(C)(=O)=O)c2)CC1.[C-]#[N+]CC1(C(C)(C)C)CCN(Cc2cccc(NC(C)=O)c2)CC1.[C-]#[N+]CC1(C(C)(C)C)CCN(Cc2cccc(NS(C)(=O)=O)c2F)CC1. The third-order valence-electron chi connectivity index (χ3n) is 32.7. The summed E-state index contributed by atoms with van der Waals surface area (Å²) in [5, 5.41) is 6.18. The Hall–Kier alpha value is -9.30. The standard InChI is InChI=1S/C20H28ClN3O.C20H29N3O.3C19H28FN3O2S.C18H24BrFN2/c1-15(25)23-18-12-16(6-7-17(18)21)13-24-10-8-20(9-11-24,14-22-5)19(2,3)4;1-16(24)22-18-8-6-7-17(13-18)14-23-11-9-20(10-12-23,15-21-5)19(2,3)4;1-18(2,3)19(14-21-4)6-8-23(9-7-19)13-15-10-16(20)12-17(11-15)22-26(5,24)25;1-18(2,3)19(14-21-4)8-10-23(11-9-19)13-15-6-7-16(20)17(12-15)22-26(5,24)25;1-18(2,3)19(14-21-4)9-11-23(12-10-19)13-15-7-6-8-16(17(15)20)22-26(5,24)25;1-17(2,3)18(13-21-4)7-9-22(10-8-18)12-14-5-6-15(19)16(20)11-14/h6-7,12H,8-11,13-14H2,1-4H3,(H,23,25);6-8,13H,9-12,14-15H2,1-4H3,(H,22,24);10-12,22H,6-9,13-14H2,1-3,5H3;6-7,12,22H,8-11,13-14H2,1-3,5H3;6-8,22H,9-14H2,1-3,5H3;5-6,11H,7-10,12-13H2,1-3H3. The molecule has 6 fully saturated rings. The Bertz CT molecular complexity index is 6090. The van der Waals surface area contributed by atoms with Gasteiger partial charge in [0.2, 0.25) is 81.2 Å². The summed E-state index contributed by atoms with van der Waals surface area (Å²) in [5.41, 5.74) is 8.20. The first-order valence-corrected chi connectivity index (χ1v) is 58.4. The van der Waals surface area contributed by atoms with Crippen LogP contribution in [0, 0.1) is 128 Å². The van der Waals surface area contributed by atoms with E-state index in [4.69, 9.17) is 51.0 Å². The van der Waals surface area contributed by atoms with Gasteiger partial charge in [-0.1, -0.05) is 179 Å². The Kier molecular flexibility index (Phi) is 45.5. The van der Waals surface area contributed by atoms with Crippen molar-refractivity contribution in [3.05, 3.63) is 250 Å². The number of carbonyl (C=O) groups is 2. The number of hydrogen-bond donors (Lipinski definition) is 5. The summed E-state index contributed by atoms with van der Waals surface area (Å²) in [6.45, 7) is 106. The quantitative estimate of drug-likeness (QED) is 0.0251. The van der Waals surface area contributed by atoms with E-state index in [1.807, 2.05) is 42.5 Å². The second-order valence-electron chi connectivity index (χ2n) is 48.4. The maximum atomic E-state index is 14.6. The van der Waals surface area contributed by atoms with Gasteiger partial charge in [-0.25, -0.2) is 82.2 Å². The van der Waals surface area contributed by atoms with Crippen molar-refractivity contribution in [2.45, 2.75) is 255 Å². The van der Waals surface area contributed by atoms with Crippen LogP contribution in [0.15, 0.2) is 120 Å². The van der Waals surface area contributed by atoms with Crippen LogP contribution in [-0.2, 0) is 78.9 Å². The summed E-state index contributed by atoms with van der Waals surface area (Å²) in [5.74, 6) is -1.92. The van der Waals surface area contributed by atoms with Crippen molar-refractivity contribution in [3.8, 4) is 0 Å². The second kappa shape index (κ2) is 53.5. The summed E-state index contributed by atoms with van der Waals surface area (Å²) in [4.78, 5) is 58.7. The Labute approximate surface area is 904 Å². The highest BCUT2D eigenvalue weighted by atomic mass is 79.9. The first-order valence-electron chi connectivity index (χ1n) is 51.6. The lowest BCUT2D eigenvalue weighted by atomic mass is 9.61. The smallest absolute Gasteiger partial charge is 0.229 e. The lowest BCUT2D eigenvalue weighted by Gasteiger charge is -2.46. The molecule has 818 valence electrons. The molecule has 0 bridgehead atoms. The Balaban J connectivity index is 0.000000242. The van der Waals surface area contributed by atoms with Crippen molar-refractivity contribution in [1.29, 1.82) is 0 Å². The lowest BCUT2D eigenvalue weighted by Crippen LogP contribution is -2.48. The fourth-order valence-electron chi connectivity index (χ4n) is 21.6. The summed E-state index contributed by atoms with van der Waals surface area (Å²) < 4.78 is 131. The van der Waals surface area contributed by atoms with E-state index >= 15 is 0 Å². The molecule has 0 unspecified atom stereocenters. The van der Waals surface area contributed by atoms with Gasteiger partial charge >= 0.3 is 0 Å². The number of hydrogen-bond acceptors (Lipinski definition) is 14. The number of benzene rings is 6. The fourth-order valence-corrected chi connectivity index (χ4v) is 23.7. The molecule has 6 aromatic rings. The van der Waals surface area contributed by atoms with Crippen LogP contribution in [0.1, 0.15) is 249 Å². The zero-order valence-electron chi connectivity index (χ0n) is 92.6. The summed E-state index contributed by atoms with van der Waals surface area (Å²) in [6.07, 6.45) is 15.0. The first kappa shape index (κ1) is 127. The molecule has 6 aromatic carbocycles. The van der Waals surface area contributed by atoms with Crippen LogP contribution in [-0.4, -0.2) is 203 Å². The predicted molar refractivity (Wildman–Crippen MR) is 602 cm³/mol. The van der Waals surface area contributed by atoms with Crippen LogP contribution in [0.2, 0.25) is 5.02 Å². The summed E-state index contributed by atoms with van der Waals surface area (Å²) in [6, 6.07) is 32.8. The van der Waals surface area contributed by atoms with Crippen molar-refractivity contribution in [1.82, 2.24) is 29.4 Å². The zero-order valence-corrected chi connectivity index (χ0v) is 97.3. The highest BCUT2D eigenvalue weighted by Crippen LogP contribution is 2.54. The highest BCUT2D eigenvalue weighted by Gasteiger charge is 2.53. The van der Waals surface area contributed by atoms with E-state index in [0.717, 1.165) is 222 Å². The van der Waals surface area contributed by atoms with Crippen LogP contribution < -0.4 is 24.8 Å². The lowest BCUT2D eigenvalue weighted by molar-refractivity contribution is -0.115. The fraction of sp³-hybridized carbons (Fsp3) is 0.617. The third kappa shape index (κ3) is 37.6. The van der Waals surface area contributed by atoms with Gasteiger partial charge in [0.1, 0.15) is 17.5 Å². The van der Waals surface area contributed by atoms with Gasteiger partial charge in [0.25, 0.3) is 0 Å². The summed E-state index contributed by atoms with van der Waals surface area (Å²) >= 11 is 9.34. The number of amides is 2. The van der Waals surface area contributed by atoms with Crippen LogP contribution in [0.4, 0.5) is 46.0 Å². The number of nitrogens with one attached hydrogen (secondary N) is 5. The molecule has 25 nitrogen and oxygen atoms in total.